The Hall–Kier alpha value is -6.10. The molecule has 0 saturated heterocycles. The Kier molecular flexibility index (Phi) is 11.1. The van der Waals surface area contributed by atoms with Crippen molar-refractivity contribution in [3.8, 4) is 17.2 Å². The Labute approximate surface area is 314 Å². The molecule has 4 nitrogen and oxygen atoms in total. The van der Waals surface area contributed by atoms with Crippen LogP contribution in [-0.2, 0) is 12.8 Å². The minimum atomic E-state index is 0.0670. The van der Waals surface area contributed by atoms with Gasteiger partial charge in [-0.15, -0.1) is 5.75 Å². The third kappa shape index (κ3) is 7.89. The first-order chi connectivity index (χ1) is 25.6. The van der Waals surface area contributed by atoms with Crippen LogP contribution in [0.4, 0.5) is 22.7 Å². The van der Waals surface area contributed by atoms with Gasteiger partial charge in [0.2, 0.25) is 0 Å². The van der Waals surface area contributed by atoms with Crippen LogP contribution in [0.2, 0.25) is 0 Å². The maximum Gasteiger partial charge on any atom is 0.148 e. The van der Waals surface area contributed by atoms with E-state index in [0.29, 0.717) is 28.8 Å². The highest BCUT2D eigenvalue weighted by Crippen LogP contribution is 2.50. The maximum absolute atomic E-state index is 13.1. The van der Waals surface area contributed by atoms with Gasteiger partial charge in [-0.1, -0.05) is 126 Å². The fourth-order valence-corrected chi connectivity index (χ4v) is 7.43. The van der Waals surface area contributed by atoms with Crippen LogP contribution in [0.25, 0.3) is 0 Å². The molecule has 7 rings (SSSR count). The van der Waals surface area contributed by atoms with E-state index in [1.54, 1.807) is 0 Å². The molecule has 0 saturated carbocycles. The first kappa shape index (κ1) is 36.7. The molecule has 0 fully saturated rings. The van der Waals surface area contributed by atoms with Crippen molar-refractivity contribution in [2.75, 3.05) is 0 Å². The van der Waals surface area contributed by atoms with E-state index < -0.39 is 0 Å². The van der Waals surface area contributed by atoms with E-state index in [0.717, 1.165) is 50.1 Å². The second kappa shape index (κ2) is 16.1. The molecular weight excluding hydrogens is 651 g/mol. The van der Waals surface area contributed by atoms with Gasteiger partial charge in [-0.2, -0.15) is 4.48 Å². The molecule has 53 heavy (non-hydrogen) atoms. The number of phenolic OH excluding ortho intramolecular Hbond substituents is 2. The van der Waals surface area contributed by atoms with Crippen LogP contribution in [0.3, 0.4) is 0 Å². The molecule has 7 aromatic carbocycles. The predicted octanol–water partition coefficient (Wildman–Crippen LogP) is 11.9. The molecule has 0 aromatic heterocycles. The topological polar surface area (TPSA) is 63.5 Å². The van der Waals surface area contributed by atoms with Crippen LogP contribution in [0.1, 0.15) is 50.1 Å². The maximum atomic E-state index is 13.1. The summed E-state index contributed by atoms with van der Waals surface area (Å²) < 4.78 is 0.559. The van der Waals surface area contributed by atoms with Crippen LogP contribution < -0.4 is 9.59 Å². The molecule has 0 aliphatic heterocycles. The zero-order chi connectivity index (χ0) is 37.5. The summed E-state index contributed by atoms with van der Waals surface area (Å²) in [5, 5.41) is 33.1. The molecular formula is C49H47NO3. The van der Waals surface area contributed by atoms with Crippen molar-refractivity contribution >= 4 is 22.7 Å². The number of para-hydroxylation sites is 4. The Morgan fingerprint density at radius 3 is 0.943 bits per heavy atom. The molecule has 266 valence electrons. The minimum Gasteiger partial charge on any atom is -0.872 e. The minimum absolute atomic E-state index is 0.0670. The number of quaternary nitrogens is 1. The average molecular weight is 698 g/mol. The molecule has 4 heteroatoms. The number of aryl methyl sites for hydroxylation is 5. The normalized spacial score (nSPS) is 11.1. The highest BCUT2D eigenvalue weighted by atomic mass is 16.3. The van der Waals surface area contributed by atoms with Crippen molar-refractivity contribution in [3.05, 3.63) is 208 Å². The van der Waals surface area contributed by atoms with Crippen molar-refractivity contribution in [1.29, 1.82) is 0 Å². The standard InChI is InChI=1S/C25H28O3.C24H20N/c1-14-6-21(12-19-8-15(2)23(26)16(3)9-19)25(28)22(7-14)13-20-10-17(4)24(27)18(5)11-20;1-5-13-21(14-6-1)25(22-15-7-2-8-16-22,23-17-9-3-10-18-23)24-19-11-4-12-20-24/h6-11,26-28H,12-13H2,1-5H3;1-20H/q;+1/p-1. The number of benzene rings is 7. The fraction of sp³-hybridized carbons (Fsp3) is 0.143. The molecule has 0 amide bonds. The lowest BCUT2D eigenvalue weighted by molar-refractivity contribution is -0.270. The molecule has 0 heterocycles. The predicted molar refractivity (Wildman–Crippen MR) is 218 cm³/mol. The molecule has 7 aromatic rings. The van der Waals surface area contributed by atoms with Gasteiger partial charge < -0.3 is 15.3 Å². The van der Waals surface area contributed by atoms with Crippen molar-refractivity contribution < 1.29 is 15.3 Å². The fourth-order valence-electron chi connectivity index (χ4n) is 7.43. The second-order valence-corrected chi connectivity index (χ2v) is 13.9. The van der Waals surface area contributed by atoms with Crippen LogP contribution in [0.5, 0.6) is 17.2 Å². The van der Waals surface area contributed by atoms with Gasteiger partial charge in [-0.3, -0.25) is 0 Å². The molecule has 2 N–H and O–H groups in total. The molecule has 0 radical (unpaired) electrons. The zero-order valence-electron chi connectivity index (χ0n) is 31.2. The SMILES string of the molecule is Cc1cc(Cc2cc(C)c(O)c(C)c2)c([O-])c(Cc2cc(C)c(O)c(C)c2)c1.c1ccc([N+](c2ccccc2)(c2ccccc2)c2ccccc2)cc1. The van der Waals surface area contributed by atoms with E-state index in [1.807, 2.05) is 71.0 Å². The van der Waals surface area contributed by atoms with Gasteiger partial charge >= 0.3 is 0 Å². The summed E-state index contributed by atoms with van der Waals surface area (Å²) in [6, 6.07) is 54.4. The first-order valence-electron chi connectivity index (χ1n) is 18.1. The van der Waals surface area contributed by atoms with Crippen LogP contribution in [0, 0.1) is 34.6 Å². The Morgan fingerprint density at radius 2 is 0.679 bits per heavy atom. The summed E-state index contributed by atoms with van der Waals surface area (Å²) in [7, 11) is 0. The zero-order valence-corrected chi connectivity index (χ0v) is 31.2. The Morgan fingerprint density at radius 1 is 0.415 bits per heavy atom. The van der Waals surface area contributed by atoms with Crippen molar-refractivity contribution in [1.82, 2.24) is 4.48 Å². The van der Waals surface area contributed by atoms with Crippen molar-refractivity contribution in [3.63, 3.8) is 0 Å². The number of aromatic hydroxyl groups is 2. The smallest absolute Gasteiger partial charge is 0.148 e. The van der Waals surface area contributed by atoms with Crippen molar-refractivity contribution in [2.24, 2.45) is 0 Å². The van der Waals surface area contributed by atoms with E-state index in [1.165, 1.54) is 22.7 Å². The third-order valence-electron chi connectivity index (χ3n) is 9.85. The summed E-state index contributed by atoms with van der Waals surface area (Å²) in [6.07, 6.45) is 1.09. The van der Waals surface area contributed by atoms with E-state index in [-0.39, 0.29) is 5.75 Å². The van der Waals surface area contributed by atoms with Gasteiger partial charge in [0, 0.05) is 48.5 Å². The molecule has 0 unspecified atom stereocenters. The van der Waals surface area contributed by atoms with Gasteiger partial charge in [-0.05, 0) is 80.8 Å². The van der Waals surface area contributed by atoms with Gasteiger partial charge in [-0.25, -0.2) is 0 Å². The Bertz CT molecular complexity index is 2010. The van der Waals surface area contributed by atoms with Crippen LogP contribution in [0.15, 0.2) is 158 Å². The quantitative estimate of drug-likeness (QED) is 0.155. The summed E-state index contributed by atoms with van der Waals surface area (Å²) in [5.41, 5.74) is 12.8. The van der Waals surface area contributed by atoms with Gasteiger partial charge in [0.15, 0.2) is 0 Å². The summed E-state index contributed by atoms with van der Waals surface area (Å²) in [4.78, 5) is 0. The van der Waals surface area contributed by atoms with Gasteiger partial charge in [0.25, 0.3) is 0 Å². The molecule has 0 bridgehead atoms. The first-order valence-corrected chi connectivity index (χ1v) is 18.1. The van der Waals surface area contributed by atoms with E-state index in [9.17, 15) is 15.3 Å². The summed E-state index contributed by atoms with van der Waals surface area (Å²) >= 11 is 0. The lowest BCUT2D eigenvalue weighted by Crippen LogP contribution is -2.33. The highest BCUT2D eigenvalue weighted by molar-refractivity contribution is 5.81. The van der Waals surface area contributed by atoms with Crippen LogP contribution in [-0.4, -0.2) is 10.2 Å². The molecule has 0 spiro atoms. The number of hydrogen-bond donors (Lipinski definition) is 2. The highest BCUT2D eigenvalue weighted by Gasteiger charge is 2.38. The molecule has 0 atom stereocenters. The lowest BCUT2D eigenvalue weighted by atomic mass is 9.93. The average Bonchev–Trinajstić information content (AvgIpc) is 3.17. The van der Waals surface area contributed by atoms with Gasteiger partial charge in [0.1, 0.15) is 34.2 Å². The number of phenols is 2. The van der Waals surface area contributed by atoms with E-state index in [4.69, 9.17) is 0 Å². The van der Waals surface area contributed by atoms with Gasteiger partial charge in [0.05, 0.1) is 0 Å². The largest absolute Gasteiger partial charge is 0.872 e. The van der Waals surface area contributed by atoms with E-state index in [2.05, 4.69) is 121 Å². The number of nitrogens with zero attached hydrogens (tertiary/aromatic N) is 1. The van der Waals surface area contributed by atoms with Crippen LogP contribution >= 0.6 is 0 Å². The number of rotatable bonds is 8. The van der Waals surface area contributed by atoms with Crippen molar-refractivity contribution in [2.45, 2.75) is 47.5 Å². The molecule has 0 aliphatic carbocycles. The van der Waals surface area contributed by atoms with E-state index >= 15 is 0 Å². The molecule has 0 aliphatic rings. The third-order valence-corrected chi connectivity index (χ3v) is 9.85. The monoisotopic (exact) mass is 697 g/mol. The summed E-state index contributed by atoms with van der Waals surface area (Å²) in [6.45, 7) is 9.51. The summed E-state index contributed by atoms with van der Waals surface area (Å²) in [5.74, 6) is 0.695. The second-order valence-electron chi connectivity index (χ2n) is 13.9. The lowest BCUT2D eigenvalue weighted by Gasteiger charge is -2.37. The Balaban J connectivity index is 0.000000182. The number of hydrogen-bond acceptors (Lipinski definition) is 3.